The van der Waals surface area contributed by atoms with E-state index in [0.29, 0.717) is 37.1 Å². The van der Waals surface area contributed by atoms with Crippen molar-refractivity contribution in [2.24, 2.45) is 0 Å². The number of anilines is 1. The minimum absolute atomic E-state index is 0.0851. The first kappa shape index (κ1) is 13.8. The van der Waals surface area contributed by atoms with E-state index in [4.69, 9.17) is 5.26 Å². The first-order valence-electron chi connectivity index (χ1n) is 6.69. The van der Waals surface area contributed by atoms with Crippen molar-refractivity contribution >= 4 is 5.69 Å². The fourth-order valence-electron chi connectivity index (χ4n) is 2.48. The Bertz CT molecular complexity index is 500. The molecule has 1 aliphatic rings. The minimum Gasteiger partial charge on any atom is -0.393 e. The second kappa shape index (κ2) is 5.58. The Kier molecular flexibility index (Phi) is 4.06. The third-order valence-corrected chi connectivity index (χ3v) is 3.66. The van der Waals surface area contributed by atoms with E-state index in [1.165, 1.54) is 6.07 Å². The van der Waals surface area contributed by atoms with E-state index in [0.717, 1.165) is 5.69 Å². The van der Waals surface area contributed by atoms with Crippen LogP contribution in [0.25, 0.3) is 0 Å². The average Bonchev–Trinajstić information content (AvgIpc) is 2.39. The summed E-state index contributed by atoms with van der Waals surface area (Å²) in [7, 11) is 0. The molecule has 0 unspecified atom stereocenters. The molecule has 1 heterocycles. The van der Waals surface area contributed by atoms with Crippen LogP contribution in [0.4, 0.5) is 10.1 Å². The molecule has 102 valence electrons. The molecule has 19 heavy (non-hydrogen) atoms. The van der Waals surface area contributed by atoms with Crippen LogP contribution < -0.4 is 4.90 Å². The van der Waals surface area contributed by atoms with Crippen LogP contribution in [0.5, 0.6) is 0 Å². The Hall–Kier alpha value is -1.60. The summed E-state index contributed by atoms with van der Waals surface area (Å²) in [5.74, 6) is -0.228. The SMILES string of the molecule is CC(C)c1cc(N2CCC(O)CC2)c(C#N)cc1F. The van der Waals surface area contributed by atoms with Gasteiger partial charge in [0, 0.05) is 13.1 Å². The first-order valence-corrected chi connectivity index (χ1v) is 6.69. The Labute approximate surface area is 113 Å². The summed E-state index contributed by atoms with van der Waals surface area (Å²) < 4.78 is 13.9. The lowest BCUT2D eigenvalue weighted by atomic mass is 9.98. The number of hydrogen-bond donors (Lipinski definition) is 1. The molecular formula is C15H19FN2O. The number of nitriles is 1. The predicted octanol–water partition coefficient (Wildman–Crippen LogP) is 2.78. The van der Waals surface area contributed by atoms with Crippen molar-refractivity contribution in [3.63, 3.8) is 0 Å². The summed E-state index contributed by atoms with van der Waals surface area (Å²) >= 11 is 0. The van der Waals surface area contributed by atoms with E-state index in [9.17, 15) is 9.50 Å². The Balaban J connectivity index is 2.38. The van der Waals surface area contributed by atoms with E-state index < -0.39 is 0 Å². The van der Waals surface area contributed by atoms with Crippen LogP contribution in [0.15, 0.2) is 12.1 Å². The minimum atomic E-state index is -0.313. The largest absolute Gasteiger partial charge is 0.393 e. The number of aliphatic hydroxyl groups excluding tert-OH is 1. The third-order valence-electron chi connectivity index (χ3n) is 3.66. The molecule has 1 aliphatic heterocycles. The second-order valence-corrected chi connectivity index (χ2v) is 5.38. The topological polar surface area (TPSA) is 47.3 Å². The van der Waals surface area contributed by atoms with Gasteiger partial charge in [0.1, 0.15) is 11.9 Å². The normalized spacial score (nSPS) is 16.7. The summed E-state index contributed by atoms with van der Waals surface area (Å²) in [6, 6.07) is 5.18. The van der Waals surface area contributed by atoms with Crippen LogP contribution in [-0.4, -0.2) is 24.3 Å². The van der Waals surface area contributed by atoms with Gasteiger partial charge in [-0.2, -0.15) is 5.26 Å². The fraction of sp³-hybridized carbons (Fsp3) is 0.533. The summed E-state index contributed by atoms with van der Waals surface area (Å²) in [6.07, 6.45) is 1.13. The number of hydrogen-bond acceptors (Lipinski definition) is 3. The van der Waals surface area contributed by atoms with Gasteiger partial charge in [-0.05, 0) is 36.5 Å². The van der Waals surface area contributed by atoms with E-state index in [-0.39, 0.29) is 17.8 Å². The van der Waals surface area contributed by atoms with Crippen molar-refractivity contribution in [1.29, 1.82) is 5.26 Å². The molecule has 0 saturated carbocycles. The highest BCUT2D eigenvalue weighted by atomic mass is 19.1. The zero-order valence-electron chi connectivity index (χ0n) is 11.4. The van der Waals surface area contributed by atoms with Crippen molar-refractivity contribution < 1.29 is 9.50 Å². The number of aliphatic hydroxyl groups is 1. The third kappa shape index (κ3) is 2.87. The van der Waals surface area contributed by atoms with Gasteiger partial charge < -0.3 is 10.0 Å². The highest BCUT2D eigenvalue weighted by Crippen LogP contribution is 2.30. The van der Waals surface area contributed by atoms with Crippen LogP contribution >= 0.6 is 0 Å². The number of benzene rings is 1. The van der Waals surface area contributed by atoms with Gasteiger partial charge in [-0.3, -0.25) is 0 Å². The lowest BCUT2D eigenvalue weighted by molar-refractivity contribution is 0.145. The number of halogens is 1. The van der Waals surface area contributed by atoms with Crippen molar-refractivity contribution in [3.8, 4) is 6.07 Å². The number of rotatable bonds is 2. The molecule has 2 rings (SSSR count). The maximum absolute atomic E-state index is 13.9. The molecule has 0 aromatic heterocycles. The molecule has 1 N–H and O–H groups in total. The molecular weight excluding hydrogens is 243 g/mol. The molecule has 1 aromatic rings. The van der Waals surface area contributed by atoms with Crippen molar-refractivity contribution in [2.45, 2.75) is 38.7 Å². The van der Waals surface area contributed by atoms with E-state index in [1.807, 2.05) is 13.8 Å². The number of nitrogens with zero attached hydrogens (tertiary/aromatic N) is 2. The van der Waals surface area contributed by atoms with Gasteiger partial charge in [0.25, 0.3) is 0 Å². The van der Waals surface area contributed by atoms with Gasteiger partial charge in [-0.15, -0.1) is 0 Å². The van der Waals surface area contributed by atoms with Crippen molar-refractivity contribution in [2.75, 3.05) is 18.0 Å². The van der Waals surface area contributed by atoms with Crippen LogP contribution in [0, 0.1) is 17.1 Å². The van der Waals surface area contributed by atoms with Gasteiger partial charge in [-0.1, -0.05) is 13.8 Å². The Morgan fingerprint density at radius 1 is 1.37 bits per heavy atom. The monoisotopic (exact) mass is 262 g/mol. The van der Waals surface area contributed by atoms with Gasteiger partial charge >= 0.3 is 0 Å². The molecule has 4 heteroatoms. The van der Waals surface area contributed by atoms with Gasteiger partial charge in [-0.25, -0.2) is 4.39 Å². The predicted molar refractivity (Wildman–Crippen MR) is 72.7 cm³/mol. The zero-order chi connectivity index (χ0) is 14.0. The molecule has 3 nitrogen and oxygen atoms in total. The molecule has 0 spiro atoms. The number of piperidine rings is 1. The Morgan fingerprint density at radius 2 is 2.00 bits per heavy atom. The Morgan fingerprint density at radius 3 is 2.53 bits per heavy atom. The standard InChI is InChI=1S/C15H19FN2O/c1-10(2)13-8-15(11(9-17)7-14(13)16)18-5-3-12(19)4-6-18/h7-8,10,12,19H,3-6H2,1-2H3. The highest BCUT2D eigenvalue weighted by molar-refractivity contribution is 5.61. The molecule has 0 amide bonds. The zero-order valence-corrected chi connectivity index (χ0v) is 11.4. The van der Waals surface area contributed by atoms with Gasteiger partial charge in [0.2, 0.25) is 0 Å². The fourth-order valence-corrected chi connectivity index (χ4v) is 2.48. The molecule has 0 aliphatic carbocycles. The second-order valence-electron chi connectivity index (χ2n) is 5.38. The van der Waals surface area contributed by atoms with E-state index in [2.05, 4.69) is 11.0 Å². The summed E-state index contributed by atoms with van der Waals surface area (Å²) in [5, 5.41) is 18.7. The summed E-state index contributed by atoms with van der Waals surface area (Å²) in [5.41, 5.74) is 1.80. The molecule has 0 bridgehead atoms. The first-order chi connectivity index (χ1) is 9.02. The van der Waals surface area contributed by atoms with Crippen LogP contribution in [0.2, 0.25) is 0 Å². The van der Waals surface area contributed by atoms with E-state index in [1.54, 1.807) is 6.07 Å². The lowest BCUT2D eigenvalue weighted by Crippen LogP contribution is -2.36. The lowest BCUT2D eigenvalue weighted by Gasteiger charge is -2.32. The van der Waals surface area contributed by atoms with Crippen LogP contribution in [-0.2, 0) is 0 Å². The maximum Gasteiger partial charge on any atom is 0.128 e. The average molecular weight is 262 g/mol. The van der Waals surface area contributed by atoms with Gasteiger partial charge in [0.05, 0.1) is 17.4 Å². The molecule has 1 fully saturated rings. The van der Waals surface area contributed by atoms with Crippen LogP contribution in [0.1, 0.15) is 43.7 Å². The quantitative estimate of drug-likeness (QED) is 0.891. The molecule has 1 saturated heterocycles. The highest BCUT2D eigenvalue weighted by Gasteiger charge is 2.21. The van der Waals surface area contributed by atoms with Gasteiger partial charge in [0.15, 0.2) is 0 Å². The summed E-state index contributed by atoms with van der Waals surface area (Å²) in [6.45, 7) is 5.29. The molecule has 0 atom stereocenters. The molecule has 1 aromatic carbocycles. The molecule has 0 radical (unpaired) electrons. The van der Waals surface area contributed by atoms with Crippen LogP contribution in [0.3, 0.4) is 0 Å². The van der Waals surface area contributed by atoms with Crippen molar-refractivity contribution in [1.82, 2.24) is 0 Å². The van der Waals surface area contributed by atoms with Crippen molar-refractivity contribution in [3.05, 3.63) is 29.1 Å². The summed E-state index contributed by atoms with van der Waals surface area (Å²) in [4.78, 5) is 2.07. The van der Waals surface area contributed by atoms with E-state index >= 15 is 0 Å². The maximum atomic E-state index is 13.9. The smallest absolute Gasteiger partial charge is 0.128 e.